The number of piperidine rings is 1. The molecule has 0 unspecified atom stereocenters. The summed E-state index contributed by atoms with van der Waals surface area (Å²) in [7, 11) is 3.95. The highest BCUT2D eigenvalue weighted by Gasteiger charge is 2.20. The van der Waals surface area contributed by atoms with Crippen molar-refractivity contribution in [3.63, 3.8) is 0 Å². The van der Waals surface area contributed by atoms with E-state index in [9.17, 15) is 4.79 Å². The summed E-state index contributed by atoms with van der Waals surface area (Å²) in [5.74, 6) is 0.755. The summed E-state index contributed by atoms with van der Waals surface area (Å²) in [6.07, 6.45) is 1.75. The Bertz CT molecular complexity index is 454. The second-order valence-corrected chi connectivity index (χ2v) is 5.40. The van der Waals surface area contributed by atoms with Crippen LogP contribution in [0.4, 0.5) is 5.69 Å². The molecule has 0 saturated carbocycles. The number of rotatable bonds is 4. The molecule has 2 rings (SSSR count). The van der Waals surface area contributed by atoms with Crippen molar-refractivity contribution in [2.24, 2.45) is 5.73 Å². The van der Waals surface area contributed by atoms with Gasteiger partial charge in [-0.15, -0.1) is 0 Å². The number of ether oxygens (including phenoxy) is 1. The Labute approximate surface area is 120 Å². The molecule has 0 bridgehead atoms. The Balaban J connectivity index is 1.85. The molecule has 1 heterocycles. The monoisotopic (exact) mass is 277 g/mol. The van der Waals surface area contributed by atoms with Crippen molar-refractivity contribution in [1.82, 2.24) is 4.90 Å². The highest BCUT2D eigenvalue weighted by molar-refractivity contribution is 5.77. The molecule has 110 valence electrons. The largest absolute Gasteiger partial charge is 0.484 e. The molecule has 2 N–H and O–H groups in total. The lowest BCUT2D eigenvalue weighted by Crippen LogP contribution is -2.44. The predicted octanol–water partition coefficient (Wildman–Crippen LogP) is 1.08. The molecule has 5 nitrogen and oxygen atoms in total. The van der Waals surface area contributed by atoms with Gasteiger partial charge < -0.3 is 20.3 Å². The normalized spacial score (nSPS) is 16.1. The van der Waals surface area contributed by atoms with Crippen molar-refractivity contribution in [2.75, 3.05) is 38.7 Å². The van der Waals surface area contributed by atoms with Gasteiger partial charge in [-0.25, -0.2) is 0 Å². The van der Waals surface area contributed by atoms with E-state index in [1.807, 2.05) is 48.2 Å². The van der Waals surface area contributed by atoms with Crippen LogP contribution in [0.1, 0.15) is 12.8 Å². The van der Waals surface area contributed by atoms with Crippen LogP contribution in [0.15, 0.2) is 24.3 Å². The van der Waals surface area contributed by atoms with E-state index < -0.39 is 0 Å². The lowest BCUT2D eigenvalue weighted by molar-refractivity contribution is -0.134. The molecule has 1 aromatic carbocycles. The number of nitrogens with two attached hydrogens (primary N) is 1. The molecular weight excluding hydrogens is 254 g/mol. The maximum absolute atomic E-state index is 12.0. The zero-order chi connectivity index (χ0) is 14.5. The standard InChI is InChI=1S/C15H23N3O2/c1-17(2)13-4-3-5-14(10-13)20-11-15(19)18-8-6-12(16)7-9-18/h3-5,10,12H,6-9,11,16H2,1-2H3. The van der Waals surface area contributed by atoms with Gasteiger partial charge in [-0.05, 0) is 25.0 Å². The van der Waals surface area contributed by atoms with Gasteiger partial charge in [0.15, 0.2) is 6.61 Å². The number of hydrogen-bond donors (Lipinski definition) is 1. The second kappa shape index (κ2) is 6.61. The number of hydrogen-bond acceptors (Lipinski definition) is 4. The smallest absolute Gasteiger partial charge is 0.260 e. The van der Waals surface area contributed by atoms with E-state index in [2.05, 4.69) is 0 Å². The van der Waals surface area contributed by atoms with Gasteiger partial charge in [0.05, 0.1) is 0 Å². The molecule has 1 aliphatic rings. The molecule has 1 saturated heterocycles. The summed E-state index contributed by atoms with van der Waals surface area (Å²) in [6.45, 7) is 1.56. The van der Waals surface area contributed by atoms with E-state index in [4.69, 9.17) is 10.5 Å². The van der Waals surface area contributed by atoms with Gasteiger partial charge in [0.1, 0.15) is 5.75 Å². The van der Waals surface area contributed by atoms with Gasteiger partial charge in [-0.3, -0.25) is 4.79 Å². The van der Waals surface area contributed by atoms with E-state index in [1.54, 1.807) is 0 Å². The molecule has 0 spiro atoms. The Morgan fingerprint density at radius 1 is 1.40 bits per heavy atom. The first-order chi connectivity index (χ1) is 9.56. The Morgan fingerprint density at radius 2 is 2.10 bits per heavy atom. The number of amides is 1. The molecule has 20 heavy (non-hydrogen) atoms. The highest BCUT2D eigenvalue weighted by Crippen LogP contribution is 2.19. The molecule has 1 aliphatic heterocycles. The van der Waals surface area contributed by atoms with E-state index in [-0.39, 0.29) is 18.6 Å². The predicted molar refractivity (Wildman–Crippen MR) is 80.1 cm³/mol. The van der Waals surface area contributed by atoms with E-state index >= 15 is 0 Å². The number of carbonyl (C=O) groups is 1. The molecule has 1 amide bonds. The van der Waals surface area contributed by atoms with Crippen LogP contribution in [0.3, 0.4) is 0 Å². The van der Waals surface area contributed by atoms with E-state index in [1.165, 1.54) is 0 Å². The van der Waals surface area contributed by atoms with Gasteiger partial charge in [-0.2, -0.15) is 0 Å². The fourth-order valence-corrected chi connectivity index (χ4v) is 2.24. The van der Waals surface area contributed by atoms with Gasteiger partial charge in [0.25, 0.3) is 5.91 Å². The summed E-state index contributed by atoms with van der Waals surface area (Å²) in [5.41, 5.74) is 6.89. The highest BCUT2D eigenvalue weighted by atomic mass is 16.5. The minimum Gasteiger partial charge on any atom is -0.484 e. The molecule has 5 heteroatoms. The van der Waals surface area contributed by atoms with Crippen LogP contribution in [0.5, 0.6) is 5.75 Å². The Morgan fingerprint density at radius 3 is 2.75 bits per heavy atom. The number of likely N-dealkylation sites (tertiary alicyclic amines) is 1. The van der Waals surface area contributed by atoms with Crippen LogP contribution in [0, 0.1) is 0 Å². The average Bonchev–Trinajstić information content (AvgIpc) is 2.46. The minimum atomic E-state index is 0.0344. The maximum Gasteiger partial charge on any atom is 0.260 e. The quantitative estimate of drug-likeness (QED) is 0.895. The fraction of sp³-hybridized carbons (Fsp3) is 0.533. The van der Waals surface area contributed by atoms with Gasteiger partial charge >= 0.3 is 0 Å². The average molecular weight is 277 g/mol. The SMILES string of the molecule is CN(C)c1cccc(OCC(=O)N2CCC(N)CC2)c1. The number of carbonyl (C=O) groups excluding carboxylic acids is 1. The zero-order valence-electron chi connectivity index (χ0n) is 12.2. The Hall–Kier alpha value is -1.75. The van der Waals surface area contributed by atoms with Crippen LogP contribution in [0.25, 0.3) is 0 Å². The summed E-state index contributed by atoms with van der Waals surface area (Å²) in [6, 6.07) is 7.96. The van der Waals surface area contributed by atoms with Gasteiger partial charge in [0, 0.05) is 45.0 Å². The van der Waals surface area contributed by atoms with Gasteiger partial charge in [0.2, 0.25) is 0 Å². The topological polar surface area (TPSA) is 58.8 Å². The first kappa shape index (κ1) is 14.7. The van der Waals surface area contributed by atoms with E-state index in [0.717, 1.165) is 37.4 Å². The van der Waals surface area contributed by atoms with Crippen molar-refractivity contribution in [1.29, 1.82) is 0 Å². The molecular formula is C15H23N3O2. The third kappa shape index (κ3) is 3.87. The second-order valence-electron chi connectivity index (χ2n) is 5.40. The van der Waals surface area contributed by atoms with Crippen LogP contribution < -0.4 is 15.4 Å². The third-order valence-corrected chi connectivity index (χ3v) is 3.59. The maximum atomic E-state index is 12.0. The van der Waals surface area contributed by atoms with Crippen molar-refractivity contribution in [3.8, 4) is 5.75 Å². The molecule has 0 atom stereocenters. The summed E-state index contributed by atoms with van der Waals surface area (Å²) >= 11 is 0. The van der Waals surface area contributed by atoms with Crippen LogP contribution >= 0.6 is 0 Å². The van der Waals surface area contributed by atoms with Crippen molar-refractivity contribution < 1.29 is 9.53 Å². The molecule has 1 aromatic rings. The first-order valence-electron chi connectivity index (χ1n) is 7.00. The molecule has 1 fully saturated rings. The minimum absolute atomic E-state index is 0.0344. The lowest BCUT2D eigenvalue weighted by atomic mass is 10.1. The number of benzene rings is 1. The lowest BCUT2D eigenvalue weighted by Gasteiger charge is -2.30. The number of anilines is 1. The van der Waals surface area contributed by atoms with Crippen molar-refractivity contribution in [2.45, 2.75) is 18.9 Å². The summed E-state index contributed by atoms with van der Waals surface area (Å²) in [5, 5.41) is 0. The number of nitrogens with zero attached hydrogens (tertiary/aromatic N) is 2. The molecule has 0 aromatic heterocycles. The van der Waals surface area contributed by atoms with Crippen LogP contribution in [0.2, 0.25) is 0 Å². The van der Waals surface area contributed by atoms with Crippen LogP contribution in [-0.4, -0.2) is 50.6 Å². The first-order valence-corrected chi connectivity index (χ1v) is 7.00. The van der Waals surface area contributed by atoms with Crippen molar-refractivity contribution >= 4 is 11.6 Å². The zero-order valence-corrected chi connectivity index (χ0v) is 12.2. The van der Waals surface area contributed by atoms with E-state index in [0.29, 0.717) is 0 Å². The van der Waals surface area contributed by atoms with Crippen LogP contribution in [-0.2, 0) is 4.79 Å². The summed E-state index contributed by atoms with van der Waals surface area (Å²) in [4.78, 5) is 15.9. The van der Waals surface area contributed by atoms with Crippen molar-refractivity contribution in [3.05, 3.63) is 24.3 Å². The molecule has 0 aliphatic carbocycles. The van der Waals surface area contributed by atoms with Gasteiger partial charge in [-0.1, -0.05) is 6.07 Å². The fourth-order valence-electron chi connectivity index (χ4n) is 2.24. The summed E-state index contributed by atoms with van der Waals surface area (Å²) < 4.78 is 5.59. The molecule has 0 radical (unpaired) electrons. The Kier molecular flexibility index (Phi) is 4.84. The third-order valence-electron chi connectivity index (χ3n) is 3.59.